The Morgan fingerprint density at radius 1 is 1.33 bits per heavy atom. The first-order chi connectivity index (χ1) is 8.47. The van der Waals surface area contributed by atoms with E-state index in [1.807, 2.05) is 11.5 Å². The van der Waals surface area contributed by atoms with Gasteiger partial charge in [0, 0.05) is 38.6 Å². The van der Waals surface area contributed by atoms with Crippen molar-refractivity contribution in [2.75, 3.05) is 13.6 Å². The van der Waals surface area contributed by atoms with Crippen LogP contribution in [-0.4, -0.2) is 30.9 Å². The summed E-state index contributed by atoms with van der Waals surface area (Å²) in [6.45, 7) is 5.68. The van der Waals surface area contributed by atoms with E-state index in [2.05, 4.69) is 6.92 Å². The van der Waals surface area contributed by atoms with E-state index >= 15 is 0 Å². The zero-order valence-corrected chi connectivity index (χ0v) is 12.2. The number of nitrogens with two attached hydrogens (primary N) is 1. The normalized spacial score (nSPS) is 12.3. The molecule has 0 unspecified atom stereocenters. The summed E-state index contributed by atoms with van der Waals surface area (Å²) < 4.78 is 27.9. The SMILES string of the molecule is CCCN(C)S(=O)(=O)c1cc(CN)n(CCC)c1. The Bertz CT molecular complexity index is 480. The van der Waals surface area contributed by atoms with Gasteiger partial charge in [-0.2, -0.15) is 0 Å². The zero-order chi connectivity index (χ0) is 13.8. The summed E-state index contributed by atoms with van der Waals surface area (Å²) in [5.41, 5.74) is 6.50. The fourth-order valence-corrected chi connectivity index (χ4v) is 3.23. The van der Waals surface area contributed by atoms with Crippen molar-refractivity contribution < 1.29 is 8.42 Å². The van der Waals surface area contributed by atoms with Gasteiger partial charge in [-0.15, -0.1) is 0 Å². The molecule has 6 heteroatoms. The van der Waals surface area contributed by atoms with Crippen molar-refractivity contribution >= 4 is 10.0 Å². The van der Waals surface area contributed by atoms with Crippen LogP contribution in [0.1, 0.15) is 32.4 Å². The van der Waals surface area contributed by atoms with Crippen molar-refractivity contribution in [1.29, 1.82) is 0 Å². The number of hydrogen-bond donors (Lipinski definition) is 1. The van der Waals surface area contributed by atoms with Gasteiger partial charge in [0.15, 0.2) is 0 Å². The summed E-state index contributed by atoms with van der Waals surface area (Å²) in [5, 5.41) is 0. The molecular weight excluding hydrogens is 250 g/mol. The van der Waals surface area contributed by atoms with Crippen LogP contribution in [0.15, 0.2) is 17.2 Å². The summed E-state index contributed by atoms with van der Waals surface area (Å²) in [6.07, 6.45) is 3.44. The molecule has 0 amide bonds. The molecule has 0 saturated carbocycles. The zero-order valence-electron chi connectivity index (χ0n) is 11.4. The molecule has 0 fully saturated rings. The first-order valence-corrected chi connectivity index (χ1v) is 7.76. The Labute approximate surface area is 110 Å². The van der Waals surface area contributed by atoms with Crippen molar-refractivity contribution in [3.8, 4) is 0 Å². The topological polar surface area (TPSA) is 68.3 Å². The van der Waals surface area contributed by atoms with Crippen LogP contribution in [0.4, 0.5) is 0 Å². The number of rotatable bonds is 7. The Morgan fingerprint density at radius 3 is 2.50 bits per heavy atom. The standard InChI is InChI=1S/C12H23N3O2S/c1-4-6-14(3)18(16,17)12-8-11(9-13)15(10-12)7-5-2/h8,10H,4-7,9,13H2,1-3H3. The molecule has 1 aromatic heterocycles. The number of aryl methyl sites for hydroxylation is 1. The Kier molecular flexibility index (Phi) is 5.37. The second kappa shape index (κ2) is 6.36. The van der Waals surface area contributed by atoms with Crippen LogP contribution < -0.4 is 5.73 Å². The van der Waals surface area contributed by atoms with Gasteiger partial charge >= 0.3 is 0 Å². The minimum Gasteiger partial charge on any atom is -0.349 e. The first kappa shape index (κ1) is 15.2. The van der Waals surface area contributed by atoms with E-state index in [-0.39, 0.29) is 0 Å². The largest absolute Gasteiger partial charge is 0.349 e. The summed E-state index contributed by atoms with van der Waals surface area (Å²) >= 11 is 0. The lowest BCUT2D eigenvalue weighted by Crippen LogP contribution is -2.27. The monoisotopic (exact) mass is 273 g/mol. The lowest BCUT2D eigenvalue weighted by atomic mass is 10.4. The van der Waals surface area contributed by atoms with Gasteiger partial charge in [0.2, 0.25) is 10.0 Å². The van der Waals surface area contributed by atoms with Gasteiger partial charge in [-0.25, -0.2) is 12.7 Å². The second-order valence-corrected chi connectivity index (χ2v) is 6.44. The Hall–Kier alpha value is -0.850. The fourth-order valence-electron chi connectivity index (χ4n) is 1.90. The maximum absolute atomic E-state index is 12.3. The second-order valence-electron chi connectivity index (χ2n) is 4.39. The van der Waals surface area contributed by atoms with E-state index in [0.717, 1.165) is 25.1 Å². The predicted molar refractivity (Wildman–Crippen MR) is 72.7 cm³/mol. The van der Waals surface area contributed by atoms with Gasteiger partial charge in [0.25, 0.3) is 0 Å². The Morgan fingerprint density at radius 2 is 2.00 bits per heavy atom. The molecule has 104 valence electrons. The van der Waals surface area contributed by atoms with Gasteiger partial charge in [-0.05, 0) is 18.9 Å². The molecule has 1 aromatic rings. The van der Waals surface area contributed by atoms with E-state index < -0.39 is 10.0 Å². The van der Waals surface area contributed by atoms with Gasteiger partial charge < -0.3 is 10.3 Å². The first-order valence-electron chi connectivity index (χ1n) is 6.32. The molecular formula is C12H23N3O2S. The van der Waals surface area contributed by atoms with Gasteiger partial charge in [0.05, 0.1) is 0 Å². The molecule has 0 radical (unpaired) electrons. The molecule has 0 aliphatic heterocycles. The molecule has 1 heterocycles. The molecule has 2 N–H and O–H groups in total. The molecule has 0 aliphatic rings. The van der Waals surface area contributed by atoms with Crippen molar-refractivity contribution in [1.82, 2.24) is 8.87 Å². The van der Waals surface area contributed by atoms with Crippen LogP contribution in [0.2, 0.25) is 0 Å². The molecule has 5 nitrogen and oxygen atoms in total. The van der Waals surface area contributed by atoms with Crippen molar-refractivity contribution in [2.45, 2.75) is 44.7 Å². The third-order valence-corrected chi connectivity index (χ3v) is 4.70. The number of aromatic nitrogens is 1. The highest BCUT2D eigenvalue weighted by Crippen LogP contribution is 2.18. The van der Waals surface area contributed by atoms with Crippen LogP contribution in [0.25, 0.3) is 0 Å². The smallest absolute Gasteiger partial charge is 0.244 e. The van der Waals surface area contributed by atoms with Gasteiger partial charge in [-0.1, -0.05) is 13.8 Å². The van der Waals surface area contributed by atoms with Crippen molar-refractivity contribution in [3.05, 3.63) is 18.0 Å². The molecule has 0 aliphatic carbocycles. The Balaban J connectivity index is 3.09. The van der Waals surface area contributed by atoms with Gasteiger partial charge in [-0.3, -0.25) is 0 Å². The van der Waals surface area contributed by atoms with Crippen molar-refractivity contribution in [2.24, 2.45) is 5.73 Å². The van der Waals surface area contributed by atoms with E-state index in [1.165, 1.54) is 4.31 Å². The highest BCUT2D eigenvalue weighted by Gasteiger charge is 2.22. The third-order valence-electron chi connectivity index (χ3n) is 2.88. The molecule has 0 spiro atoms. The number of nitrogens with zero attached hydrogens (tertiary/aromatic N) is 2. The third kappa shape index (κ3) is 3.13. The predicted octanol–water partition coefficient (Wildman–Crippen LogP) is 1.39. The number of hydrogen-bond acceptors (Lipinski definition) is 3. The average molecular weight is 273 g/mol. The lowest BCUT2D eigenvalue weighted by Gasteiger charge is -2.14. The van der Waals surface area contributed by atoms with Crippen LogP contribution in [0.3, 0.4) is 0 Å². The lowest BCUT2D eigenvalue weighted by molar-refractivity contribution is 0.468. The summed E-state index contributed by atoms with van der Waals surface area (Å²) in [6, 6.07) is 1.68. The van der Waals surface area contributed by atoms with E-state index in [4.69, 9.17) is 5.73 Å². The molecule has 18 heavy (non-hydrogen) atoms. The molecule has 1 rings (SSSR count). The maximum atomic E-state index is 12.3. The van der Waals surface area contributed by atoms with Crippen molar-refractivity contribution in [3.63, 3.8) is 0 Å². The quantitative estimate of drug-likeness (QED) is 0.816. The highest BCUT2D eigenvalue weighted by atomic mass is 32.2. The molecule has 0 atom stereocenters. The fraction of sp³-hybridized carbons (Fsp3) is 0.667. The van der Waals surface area contributed by atoms with E-state index in [9.17, 15) is 8.42 Å². The molecule has 0 bridgehead atoms. The van der Waals surface area contributed by atoms with Gasteiger partial charge in [0.1, 0.15) is 4.90 Å². The highest BCUT2D eigenvalue weighted by molar-refractivity contribution is 7.89. The minimum absolute atomic E-state index is 0.340. The average Bonchev–Trinajstić information content (AvgIpc) is 2.73. The van der Waals surface area contributed by atoms with Crippen LogP contribution >= 0.6 is 0 Å². The van der Waals surface area contributed by atoms with E-state index in [0.29, 0.717) is 18.0 Å². The van der Waals surface area contributed by atoms with Crippen LogP contribution in [0.5, 0.6) is 0 Å². The van der Waals surface area contributed by atoms with Crippen LogP contribution in [-0.2, 0) is 23.1 Å². The maximum Gasteiger partial charge on any atom is 0.244 e. The van der Waals surface area contributed by atoms with E-state index in [1.54, 1.807) is 19.3 Å². The summed E-state index contributed by atoms with van der Waals surface area (Å²) in [4.78, 5) is 0.340. The summed E-state index contributed by atoms with van der Waals surface area (Å²) in [7, 11) is -1.77. The molecule has 0 saturated heterocycles. The van der Waals surface area contributed by atoms with Crippen LogP contribution in [0, 0.1) is 0 Å². The molecule has 0 aromatic carbocycles. The minimum atomic E-state index is -3.37. The summed E-state index contributed by atoms with van der Waals surface area (Å²) in [5.74, 6) is 0. The number of sulfonamides is 1.